The van der Waals surface area contributed by atoms with Crippen LogP contribution in [0.2, 0.25) is 0 Å². The van der Waals surface area contributed by atoms with Crippen molar-refractivity contribution in [2.24, 2.45) is 0 Å². The molecule has 1 N–H and O–H groups in total. The SMILES string of the molecule is C=CCCCC(NCCC)c1c(F)cccc1Br. The average molecular weight is 314 g/mol. The van der Waals surface area contributed by atoms with Crippen molar-refractivity contribution in [3.63, 3.8) is 0 Å². The molecule has 0 fully saturated rings. The molecule has 1 aromatic rings. The predicted octanol–water partition coefficient (Wildman–Crippen LogP) is 4.99. The molecule has 1 unspecified atom stereocenters. The van der Waals surface area contributed by atoms with E-state index < -0.39 is 0 Å². The van der Waals surface area contributed by atoms with Crippen LogP contribution in [0.5, 0.6) is 0 Å². The third-order valence-corrected chi connectivity index (χ3v) is 3.58. The van der Waals surface area contributed by atoms with Crippen molar-refractivity contribution in [3.8, 4) is 0 Å². The topological polar surface area (TPSA) is 12.0 Å². The number of benzene rings is 1. The van der Waals surface area contributed by atoms with E-state index in [2.05, 4.69) is 34.7 Å². The van der Waals surface area contributed by atoms with E-state index in [0.717, 1.165) is 42.3 Å². The number of unbranched alkanes of at least 4 members (excludes halogenated alkanes) is 1. The van der Waals surface area contributed by atoms with Crippen molar-refractivity contribution in [1.82, 2.24) is 5.32 Å². The van der Waals surface area contributed by atoms with Crippen LogP contribution in [0.1, 0.15) is 44.2 Å². The minimum atomic E-state index is -0.142. The van der Waals surface area contributed by atoms with E-state index in [1.54, 1.807) is 6.07 Å². The minimum Gasteiger partial charge on any atom is -0.310 e. The van der Waals surface area contributed by atoms with Gasteiger partial charge in [-0.3, -0.25) is 0 Å². The lowest BCUT2D eigenvalue weighted by molar-refractivity contribution is 0.461. The van der Waals surface area contributed by atoms with Gasteiger partial charge in [-0.25, -0.2) is 4.39 Å². The lowest BCUT2D eigenvalue weighted by Crippen LogP contribution is -2.23. The largest absolute Gasteiger partial charge is 0.310 e. The van der Waals surface area contributed by atoms with Gasteiger partial charge in [0.2, 0.25) is 0 Å². The van der Waals surface area contributed by atoms with E-state index in [1.807, 2.05) is 12.1 Å². The Hall–Kier alpha value is -0.670. The lowest BCUT2D eigenvalue weighted by Gasteiger charge is -2.20. The number of rotatable bonds is 8. The van der Waals surface area contributed by atoms with E-state index in [0.29, 0.717) is 0 Å². The fraction of sp³-hybridized carbons (Fsp3) is 0.467. The van der Waals surface area contributed by atoms with Crippen molar-refractivity contribution in [1.29, 1.82) is 0 Å². The molecule has 0 bridgehead atoms. The van der Waals surface area contributed by atoms with Crippen molar-refractivity contribution >= 4 is 15.9 Å². The molecule has 0 saturated carbocycles. The highest BCUT2D eigenvalue weighted by molar-refractivity contribution is 9.10. The fourth-order valence-electron chi connectivity index (χ4n) is 1.98. The summed E-state index contributed by atoms with van der Waals surface area (Å²) in [7, 11) is 0. The highest BCUT2D eigenvalue weighted by atomic mass is 79.9. The van der Waals surface area contributed by atoms with Crippen LogP contribution < -0.4 is 5.32 Å². The van der Waals surface area contributed by atoms with E-state index in [9.17, 15) is 4.39 Å². The first-order chi connectivity index (χ1) is 8.70. The molecule has 0 heterocycles. The van der Waals surface area contributed by atoms with Gasteiger partial charge in [0.25, 0.3) is 0 Å². The van der Waals surface area contributed by atoms with Crippen LogP contribution in [0.25, 0.3) is 0 Å². The summed E-state index contributed by atoms with van der Waals surface area (Å²) in [5.74, 6) is -0.142. The van der Waals surface area contributed by atoms with Gasteiger partial charge < -0.3 is 5.32 Å². The van der Waals surface area contributed by atoms with E-state index in [-0.39, 0.29) is 11.9 Å². The number of hydrogen-bond donors (Lipinski definition) is 1. The molecule has 0 spiro atoms. The van der Waals surface area contributed by atoms with E-state index in [4.69, 9.17) is 0 Å². The maximum Gasteiger partial charge on any atom is 0.129 e. The van der Waals surface area contributed by atoms with Gasteiger partial charge in [-0.05, 0) is 44.4 Å². The standard InChI is InChI=1S/C15H21BrFN/c1-3-5-6-10-14(18-11-4-2)15-12(16)8-7-9-13(15)17/h3,7-9,14,18H,1,4-6,10-11H2,2H3. The van der Waals surface area contributed by atoms with Crippen molar-refractivity contribution in [2.45, 2.75) is 38.6 Å². The molecular weight excluding hydrogens is 293 g/mol. The Labute approximate surface area is 118 Å². The quantitative estimate of drug-likeness (QED) is 0.527. The summed E-state index contributed by atoms with van der Waals surface area (Å²) in [6.07, 6.45) is 5.87. The number of halogens is 2. The first-order valence-corrected chi connectivity index (χ1v) is 7.28. The van der Waals surface area contributed by atoms with E-state index in [1.165, 1.54) is 6.07 Å². The van der Waals surface area contributed by atoms with Crippen molar-refractivity contribution in [3.05, 3.63) is 46.7 Å². The Morgan fingerprint density at radius 3 is 2.89 bits per heavy atom. The van der Waals surface area contributed by atoms with Gasteiger partial charge >= 0.3 is 0 Å². The fourth-order valence-corrected chi connectivity index (χ4v) is 2.60. The summed E-state index contributed by atoms with van der Waals surface area (Å²) in [6, 6.07) is 5.21. The highest BCUT2D eigenvalue weighted by Gasteiger charge is 2.17. The zero-order valence-electron chi connectivity index (χ0n) is 10.9. The number of nitrogens with one attached hydrogen (secondary N) is 1. The summed E-state index contributed by atoms with van der Waals surface area (Å²) in [6.45, 7) is 6.74. The van der Waals surface area contributed by atoms with Gasteiger partial charge in [0.05, 0.1) is 0 Å². The Bertz CT molecular complexity index is 359. The summed E-state index contributed by atoms with van der Waals surface area (Å²) in [5.41, 5.74) is 0.745. The smallest absolute Gasteiger partial charge is 0.129 e. The number of hydrogen-bond acceptors (Lipinski definition) is 1. The molecule has 3 heteroatoms. The van der Waals surface area contributed by atoms with Crippen molar-refractivity contribution in [2.75, 3.05) is 6.54 Å². The summed E-state index contributed by atoms with van der Waals surface area (Å²) in [4.78, 5) is 0. The Balaban J connectivity index is 2.82. The second kappa shape index (κ2) is 8.44. The van der Waals surface area contributed by atoms with E-state index >= 15 is 0 Å². The van der Waals surface area contributed by atoms with Gasteiger partial charge in [0.1, 0.15) is 5.82 Å². The third kappa shape index (κ3) is 4.54. The average Bonchev–Trinajstić information content (AvgIpc) is 2.35. The van der Waals surface area contributed by atoms with Crippen LogP contribution >= 0.6 is 15.9 Å². The number of allylic oxidation sites excluding steroid dienone is 1. The van der Waals surface area contributed by atoms with Crippen molar-refractivity contribution < 1.29 is 4.39 Å². The maximum absolute atomic E-state index is 13.9. The zero-order valence-corrected chi connectivity index (χ0v) is 12.5. The molecule has 1 aromatic carbocycles. The molecule has 0 aliphatic heterocycles. The van der Waals surface area contributed by atoms with Gasteiger partial charge in [-0.2, -0.15) is 0 Å². The zero-order chi connectivity index (χ0) is 13.4. The molecule has 1 atom stereocenters. The summed E-state index contributed by atoms with van der Waals surface area (Å²) in [5, 5.41) is 3.42. The molecule has 18 heavy (non-hydrogen) atoms. The van der Waals surface area contributed by atoms with Crippen LogP contribution in [-0.2, 0) is 0 Å². The normalized spacial score (nSPS) is 12.4. The first kappa shape index (κ1) is 15.4. The van der Waals surface area contributed by atoms with Crippen LogP contribution in [0.3, 0.4) is 0 Å². The molecule has 0 saturated heterocycles. The molecular formula is C15H21BrFN. The molecule has 1 rings (SSSR count). The van der Waals surface area contributed by atoms with Gasteiger partial charge in [0.15, 0.2) is 0 Å². The predicted molar refractivity (Wildman–Crippen MR) is 79.2 cm³/mol. The van der Waals surface area contributed by atoms with Crippen LogP contribution in [0, 0.1) is 5.82 Å². The monoisotopic (exact) mass is 313 g/mol. The van der Waals surface area contributed by atoms with Gasteiger partial charge in [0, 0.05) is 16.1 Å². The third-order valence-electron chi connectivity index (χ3n) is 2.89. The maximum atomic E-state index is 13.9. The Morgan fingerprint density at radius 2 is 2.28 bits per heavy atom. The summed E-state index contributed by atoms with van der Waals surface area (Å²) < 4.78 is 14.8. The molecule has 100 valence electrons. The van der Waals surface area contributed by atoms with Gasteiger partial charge in [-0.15, -0.1) is 6.58 Å². The second-order valence-electron chi connectivity index (χ2n) is 4.36. The molecule has 0 aliphatic rings. The van der Waals surface area contributed by atoms with Gasteiger partial charge in [-0.1, -0.05) is 35.0 Å². The molecule has 0 radical (unpaired) electrons. The Kier molecular flexibility index (Phi) is 7.21. The lowest BCUT2D eigenvalue weighted by atomic mass is 10.00. The van der Waals surface area contributed by atoms with Crippen LogP contribution in [0.4, 0.5) is 4.39 Å². The highest BCUT2D eigenvalue weighted by Crippen LogP contribution is 2.29. The Morgan fingerprint density at radius 1 is 1.50 bits per heavy atom. The minimum absolute atomic E-state index is 0.0699. The first-order valence-electron chi connectivity index (χ1n) is 6.48. The summed E-state index contributed by atoms with van der Waals surface area (Å²) >= 11 is 3.45. The molecule has 0 amide bonds. The molecule has 1 nitrogen and oxygen atoms in total. The second-order valence-corrected chi connectivity index (χ2v) is 5.22. The van der Waals surface area contributed by atoms with Crippen LogP contribution in [-0.4, -0.2) is 6.54 Å². The van der Waals surface area contributed by atoms with Crippen LogP contribution in [0.15, 0.2) is 35.3 Å². The molecule has 0 aliphatic carbocycles. The molecule has 0 aromatic heterocycles.